The van der Waals surface area contributed by atoms with Crippen molar-refractivity contribution in [3.63, 3.8) is 0 Å². The molecule has 4 nitrogen and oxygen atoms in total. The van der Waals surface area contributed by atoms with E-state index in [0.717, 1.165) is 54.4 Å². The first-order valence-electron chi connectivity index (χ1n) is 9.28. The maximum absolute atomic E-state index is 13.2. The van der Waals surface area contributed by atoms with Crippen molar-refractivity contribution in [3.05, 3.63) is 71.7 Å². The van der Waals surface area contributed by atoms with Crippen LogP contribution in [0.3, 0.4) is 0 Å². The molecule has 3 aromatic rings. The van der Waals surface area contributed by atoms with Gasteiger partial charge in [-0.15, -0.1) is 0 Å². The Bertz CT molecular complexity index is 932. The summed E-state index contributed by atoms with van der Waals surface area (Å²) in [6, 6.07) is 14.2. The number of fused-ring (bicyclic) bond motifs is 1. The van der Waals surface area contributed by atoms with E-state index >= 15 is 0 Å². The second-order valence-electron chi connectivity index (χ2n) is 7.01. The molecule has 0 saturated carbocycles. The van der Waals surface area contributed by atoms with Crippen LogP contribution in [-0.4, -0.2) is 33.4 Å². The number of amides is 1. The van der Waals surface area contributed by atoms with E-state index in [1.807, 2.05) is 43.5 Å². The molecule has 2 aromatic heterocycles. The number of likely N-dealkylation sites (tertiary alicyclic amines) is 1. The monoisotopic (exact) mass is 345 g/mol. The summed E-state index contributed by atoms with van der Waals surface area (Å²) in [6.07, 6.45) is 7.78. The van der Waals surface area contributed by atoms with Crippen molar-refractivity contribution in [1.82, 2.24) is 14.9 Å². The molecule has 1 aromatic carbocycles. The molecule has 0 unspecified atom stereocenters. The summed E-state index contributed by atoms with van der Waals surface area (Å²) in [5.74, 6) is 0.136. The first kappa shape index (κ1) is 16.7. The standard InChI is InChI=1S/C22H23N3O/c1-16-15-17(11-13-23-16)9-10-18-5-4-14-25(18)22(26)20-6-2-8-21-19(20)7-3-12-24-21/h2-3,6-8,11-13,15,18H,4-5,9-10,14H2,1H3/t18-/m1/s1. The molecule has 0 bridgehead atoms. The Labute approximate surface area is 153 Å². The predicted molar refractivity (Wildman–Crippen MR) is 103 cm³/mol. The molecule has 0 spiro atoms. The Morgan fingerprint density at radius 1 is 1.15 bits per heavy atom. The van der Waals surface area contributed by atoms with Gasteiger partial charge in [-0.25, -0.2) is 0 Å². The number of carbonyl (C=O) groups is 1. The summed E-state index contributed by atoms with van der Waals surface area (Å²) in [7, 11) is 0. The van der Waals surface area contributed by atoms with Crippen LogP contribution < -0.4 is 0 Å². The summed E-state index contributed by atoms with van der Waals surface area (Å²) in [4.78, 5) is 23.9. The Balaban J connectivity index is 1.53. The number of carbonyl (C=O) groups excluding carboxylic acids is 1. The van der Waals surface area contributed by atoms with Crippen molar-refractivity contribution in [2.75, 3.05) is 6.54 Å². The van der Waals surface area contributed by atoms with Gasteiger partial charge < -0.3 is 4.90 Å². The molecule has 0 radical (unpaired) electrons. The Morgan fingerprint density at radius 2 is 2.08 bits per heavy atom. The van der Waals surface area contributed by atoms with Crippen molar-refractivity contribution in [2.45, 2.75) is 38.6 Å². The number of rotatable bonds is 4. The zero-order valence-electron chi connectivity index (χ0n) is 15.1. The third kappa shape index (κ3) is 3.32. The first-order valence-corrected chi connectivity index (χ1v) is 9.28. The van der Waals surface area contributed by atoms with E-state index in [4.69, 9.17) is 0 Å². The molecule has 1 atom stereocenters. The predicted octanol–water partition coefficient (Wildman–Crippen LogP) is 4.18. The molecular formula is C22H23N3O. The summed E-state index contributed by atoms with van der Waals surface area (Å²) < 4.78 is 0. The quantitative estimate of drug-likeness (QED) is 0.713. The Kier molecular flexibility index (Phi) is 4.65. The van der Waals surface area contributed by atoms with E-state index in [0.29, 0.717) is 6.04 Å². The normalized spacial score (nSPS) is 17.0. The average Bonchev–Trinajstić information content (AvgIpc) is 3.14. The molecule has 4 rings (SSSR count). The van der Waals surface area contributed by atoms with Crippen LogP contribution in [0.2, 0.25) is 0 Å². The van der Waals surface area contributed by atoms with Crippen LogP contribution in [0.1, 0.15) is 40.9 Å². The second kappa shape index (κ2) is 7.24. The summed E-state index contributed by atoms with van der Waals surface area (Å²) in [6.45, 7) is 2.86. The van der Waals surface area contributed by atoms with E-state index in [1.54, 1.807) is 6.20 Å². The Morgan fingerprint density at radius 3 is 2.96 bits per heavy atom. The topological polar surface area (TPSA) is 46.1 Å². The van der Waals surface area contributed by atoms with Crippen LogP contribution in [0.25, 0.3) is 10.9 Å². The minimum Gasteiger partial charge on any atom is -0.336 e. The van der Waals surface area contributed by atoms with Gasteiger partial charge in [-0.1, -0.05) is 12.1 Å². The molecule has 26 heavy (non-hydrogen) atoms. The number of aryl methyl sites for hydroxylation is 2. The summed E-state index contributed by atoms with van der Waals surface area (Å²) in [5, 5.41) is 0.940. The molecule has 3 heterocycles. The zero-order valence-corrected chi connectivity index (χ0v) is 15.1. The Hall–Kier alpha value is -2.75. The minimum atomic E-state index is 0.136. The van der Waals surface area contributed by atoms with E-state index in [-0.39, 0.29) is 5.91 Å². The maximum atomic E-state index is 13.2. The number of hydrogen-bond acceptors (Lipinski definition) is 3. The van der Waals surface area contributed by atoms with Crippen LogP contribution in [0.15, 0.2) is 54.9 Å². The van der Waals surface area contributed by atoms with Gasteiger partial charge in [0.25, 0.3) is 5.91 Å². The number of aromatic nitrogens is 2. The lowest BCUT2D eigenvalue weighted by Gasteiger charge is -2.25. The smallest absolute Gasteiger partial charge is 0.254 e. The van der Waals surface area contributed by atoms with Gasteiger partial charge in [-0.3, -0.25) is 14.8 Å². The SMILES string of the molecule is Cc1cc(CC[C@H]2CCCN2C(=O)c2cccc3ncccc23)ccn1. The second-order valence-corrected chi connectivity index (χ2v) is 7.01. The van der Waals surface area contributed by atoms with Gasteiger partial charge in [0.05, 0.1) is 5.52 Å². The van der Waals surface area contributed by atoms with Crippen molar-refractivity contribution < 1.29 is 4.79 Å². The van der Waals surface area contributed by atoms with Crippen LogP contribution in [0, 0.1) is 6.92 Å². The molecule has 4 heteroatoms. The van der Waals surface area contributed by atoms with E-state index in [9.17, 15) is 4.79 Å². The first-order chi connectivity index (χ1) is 12.7. The largest absolute Gasteiger partial charge is 0.336 e. The molecule has 1 aliphatic rings. The van der Waals surface area contributed by atoms with Crippen molar-refractivity contribution in [3.8, 4) is 0 Å². The third-order valence-corrected chi connectivity index (χ3v) is 5.24. The van der Waals surface area contributed by atoms with Gasteiger partial charge in [0.1, 0.15) is 0 Å². The van der Waals surface area contributed by atoms with Gasteiger partial charge in [-0.05, 0) is 68.5 Å². The van der Waals surface area contributed by atoms with Crippen LogP contribution in [0.5, 0.6) is 0 Å². The lowest BCUT2D eigenvalue weighted by Crippen LogP contribution is -2.36. The zero-order chi connectivity index (χ0) is 17.9. The van der Waals surface area contributed by atoms with Gasteiger partial charge in [0.15, 0.2) is 0 Å². The molecule has 1 saturated heterocycles. The molecule has 1 fully saturated rings. The summed E-state index contributed by atoms with van der Waals surface area (Å²) in [5.41, 5.74) is 3.99. The van der Waals surface area contributed by atoms with Gasteiger partial charge in [0.2, 0.25) is 0 Å². The van der Waals surface area contributed by atoms with Gasteiger partial charge in [-0.2, -0.15) is 0 Å². The fourth-order valence-corrected chi connectivity index (χ4v) is 3.94. The van der Waals surface area contributed by atoms with Crippen molar-refractivity contribution in [2.24, 2.45) is 0 Å². The lowest BCUT2D eigenvalue weighted by molar-refractivity contribution is 0.0732. The van der Waals surface area contributed by atoms with Gasteiger partial charge in [0, 0.05) is 41.6 Å². The number of hydrogen-bond donors (Lipinski definition) is 0. The summed E-state index contributed by atoms with van der Waals surface area (Å²) >= 11 is 0. The van der Waals surface area contributed by atoms with Crippen LogP contribution in [-0.2, 0) is 6.42 Å². The average molecular weight is 345 g/mol. The molecule has 132 valence electrons. The lowest BCUT2D eigenvalue weighted by atomic mass is 10.0. The van der Waals surface area contributed by atoms with Crippen molar-refractivity contribution >= 4 is 16.8 Å². The minimum absolute atomic E-state index is 0.136. The number of benzene rings is 1. The van der Waals surface area contributed by atoms with Crippen molar-refractivity contribution in [1.29, 1.82) is 0 Å². The van der Waals surface area contributed by atoms with E-state index < -0.39 is 0 Å². The van der Waals surface area contributed by atoms with Crippen LogP contribution >= 0.6 is 0 Å². The molecule has 0 N–H and O–H groups in total. The fraction of sp³-hybridized carbons (Fsp3) is 0.318. The third-order valence-electron chi connectivity index (χ3n) is 5.24. The highest BCUT2D eigenvalue weighted by atomic mass is 16.2. The number of nitrogens with zero attached hydrogens (tertiary/aromatic N) is 3. The van der Waals surface area contributed by atoms with E-state index in [1.165, 1.54) is 5.56 Å². The molecular weight excluding hydrogens is 322 g/mol. The highest BCUT2D eigenvalue weighted by molar-refractivity contribution is 6.06. The highest BCUT2D eigenvalue weighted by Gasteiger charge is 2.29. The number of pyridine rings is 2. The molecule has 1 aliphatic heterocycles. The fourth-order valence-electron chi connectivity index (χ4n) is 3.94. The van der Waals surface area contributed by atoms with E-state index in [2.05, 4.69) is 27.0 Å². The van der Waals surface area contributed by atoms with Crippen LogP contribution in [0.4, 0.5) is 0 Å². The highest BCUT2D eigenvalue weighted by Crippen LogP contribution is 2.26. The molecule has 1 amide bonds. The van der Waals surface area contributed by atoms with Gasteiger partial charge >= 0.3 is 0 Å². The maximum Gasteiger partial charge on any atom is 0.254 e. The molecule has 0 aliphatic carbocycles.